The molecule has 0 spiro atoms. The van der Waals surface area contributed by atoms with Crippen molar-refractivity contribution < 1.29 is 19.4 Å². The monoisotopic (exact) mass is 437 g/mol. The lowest BCUT2D eigenvalue weighted by atomic mass is 9.75. The van der Waals surface area contributed by atoms with Gasteiger partial charge in [0, 0.05) is 38.6 Å². The maximum atomic E-state index is 13.2. The summed E-state index contributed by atoms with van der Waals surface area (Å²) in [6.07, 6.45) is 7.49. The van der Waals surface area contributed by atoms with Crippen molar-refractivity contribution in [3.63, 3.8) is 0 Å². The van der Waals surface area contributed by atoms with Crippen molar-refractivity contribution in [2.45, 2.75) is 32.1 Å². The molecule has 2 bridgehead atoms. The van der Waals surface area contributed by atoms with Crippen LogP contribution in [0, 0.1) is 5.41 Å². The molecule has 3 aliphatic rings. The number of para-hydroxylation sites is 1. The molecule has 2 aromatic rings. The highest BCUT2D eigenvalue weighted by Gasteiger charge is 2.36. The van der Waals surface area contributed by atoms with Gasteiger partial charge in [0.05, 0.1) is 17.7 Å². The fraction of sp³-hybridized carbons (Fsp3) is 0.480. The van der Waals surface area contributed by atoms with Gasteiger partial charge in [-0.05, 0) is 55.4 Å². The normalized spacial score (nSPS) is 19.5. The Hall–Kier alpha value is -2.93. The van der Waals surface area contributed by atoms with Crippen LogP contribution in [-0.4, -0.2) is 71.1 Å². The largest absolute Gasteiger partial charge is 0.491 e. The first-order valence-corrected chi connectivity index (χ1v) is 11.4. The summed E-state index contributed by atoms with van der Waals surface area (Å²) in [4.78, 5) is 34.0. The van der Waals surface area contributed by atoms with Gasteiger partial charge < -0.3 is 19.6 Å². The smallest absolute Gasteiger partial charge is 0.257 e. The minimum absolute atomic E-state index is 0.0368. The fourth-order valence-electron chi connectivity index (χ4n) is 4.67. The Kier molecular flexibility index (Phi) is 7.05. The third kappa shape index (κ3) is 4.93. The number of aromatic nitrogens is 1. The molecule has 32 heavy (non-hydrogen) atoms. The van der Waals surface area contributed by atoms with Gasteiger partial charge in [-0.15, -0.1) is 0 Å². The van der Waals surface area contributed by atoms with Crippen LogP contribution in [0.25, 0.3) is 0 Å². The van der Waals surface area contributed by atoms with Crippen LogP contribution in [-0.2, 0) is 0 Å². The van der Waals surface area contributed by atoms with Crippen LogP contribution >= 0.6 is 0 Å². The number of aliphatic hydroxyl groups is 1. The molecule has 170 valence electrons. The maximum absolute atomic E-state index is 13.2. The Morgan fingerprint density at radius 3 is 2.59 bits per heavy atom. The molecule has 5 rings (SSSR count). The van der Waals surface area contributed by atoms with Crippen LogP contribution in [0.2, 0.25) is 0 Å². The predicted molar refractivity (Wildman–Crippen MR) is 121 cm³/mol. The van der Waals surface area contributed by atoms with Crippen molar-refractivity contribution in [3.05, 3.63) is 59.9 Å². The molecular formula is C25H31N3O4. The molecule has 3 aliphatic heterocycles. The summed E-state index contributed by atoms with van der Waals surface area (Å²) in [5.74, 6) is 0.435. The van der Waals surface area contributed by atoms with Gasteiger partial charge in [-0.25, -0.2) is 0 Å². The highest BCUT2D eigenvalue weighted by Crippen LogP contribution is 2.37. The van der Waals surface area contributed by atoms with Gasteiger partial charge in [-0.2, -0.15) is 0 Å². The predicted octanol–water partition coefficient (Wildman–Crippen LogP) is 3.00. The summed E-state index contributed by atoms with van der Waals surface area (Å²) in [5.41, 5.74) is 0.953. The van der Waals surface area contributed by atoms with Gasteiger partial charge in [-0.3, -0.25) is 14.6 Å². The van der Waals surface area contributed by atoms with Gasteiger partial charge in [0.2, 0.25) is 0 Å². The van der Waals surface area contributed by atoms with Crippen molar-refractivity contribution in [1.29, 1.82) is 0 Å². The number of pyridine rings is 1. The second-order valence-electron chi connectivity index (χ2n) is 8.79. The lowest BCUT2D eigenvalue weighted by Crippen LogP contribution is -2.44. The van der Waals surface area contributed by atoms with Gasteiger partial charge in [0.15, 0.2) is 0 Å². The lowest BCUT2D eigenvalue weighted by Gasteiger charge is -2.41. The van der Waals surface area contributed by atoms with Crippen molar-refractivity contribution in [2.75, 3.05) is 39.4 Å². The Morgan fingerprint density at radius 1 is 1.03 bits per heavy atom. The van der Waals surface area contributed by atoms with Crippen LogP contribution in [0.4, 0.5) is 0 Å². The lowest BCUT2D eigenvalue weighted by molar-refractivity contribution is 0.0297. The summed E-state index contributed by atoms with van der Waals surface area (Å²) >= 11 is 0. The number of carbonyl (C=O) groups is 2. The van der Waals surface area contributed by atoms with Crippen molar-refractivity contribution in [2.24, 2.45) is 5.41 Å². The molecule has 7 heteroatoms. The first kappa shape index (κ1) is 22.3. The molecule has 1 fully saturated rings. The molecule has 2 amide bonds. The standard InChI is InChI=1S/C25H31N3O4/c29-19-25-9-3-4-13-27(23(30)20-6-5-12-26-18-20)16-17-32-22-8-2-1-7-21(22)24(31)28(14-10-25)15-11-25/h1-2,5-8,12,18,29H,3-4,9-11,13-17,19H2. The summed E-state index contributed by atoms with van der Waals surface area (Å²) in [5, 5.41) is 10.1. The number of hydrogen-bond acceptors (Lipinski definition) is 5. The van der Waals surface area contributed by atoms with Crippen LogP contribution in [0.15, 0.2) is 48.8 Å². The zero-order valence-electron chi connectivity index (χ0n) is 18.4. The molecule has 4 heterocycles. The van der Waals surface area contributed by atoms with E-state index < -0.39 is 0 Å². The number of rotatable bonds is 2. The van der Waals surface area contributed by atoms with Crippen LogP contribution in [0.1, 0.15) is 52.8 Å². The zero-order chi connectivity index (χ0) is 22.4. The zero-order valence-corrected chi connectivity index (χ0v) is 18.4. The molecular weight excluding hydrogens is 406 g/mol. The van der Waals surface area contributed by atoms with Gasteiger partial charge >= 0.3 is 0 Å². The molecule has 1 saturated heterocycles. The van der Waals surface area contributed by atoms with E-state index in [1.54, 1.807) is 41.6 Å². The average molecular weight is 438 g/mol. The minimum atomic E-state index is -0.148. The molecule has 0 atom stereocenters. The molecule has 1 N–H and O–H groups in total. The van der Waals surface area contributed by atoms with E-state index in [0.29, 0.717) is 49.7 Å². The molecule has 0 radical (unpaired) electrons. The van der Waals surface area contributed by atoms with E-state index in [1.165, 1.54) is 0 Å². The number of fused-ring (bicyclic) bond motifs is 9. The van der Waals surface area contributed by atoms with Crippen molar-refractivity contribution in [1.82, 2.24) is 14.8 Å². The average Bonchev–Trinajstić information content (AvgIpc) is 2.86. The number of benzene rings is 1. The van der Waals surface area contributed by atoms with E-state index in [9.17, 15) is 14.7 Å². The topological polar surface area (TPSA) is 83.0 Å². The summed E-state index contributed by atoms with van der Waals surface area (Å²) < 4.78 is 6.00. The summed E-state index contributed by atoms with van der Waals surface area (Å²) in [7, 11) is 0. The van der Waals surface area contributed by atoms with Crippen molar-refractivity contribution >= 4 is 11.8 Å². The third-order valence-corrected chi connectivity index (χ3v) is 6.76. The SMILES string of the molecule is O=C(c1cccnc1)N1CCCCC2(CO)CCN(CC2)C(=O)c2ccccc2OCC1. The first-order chi connectivity index (χ1) is 15.6. The van der Waals surface area contributed by atoms with Crippen LogP contribution in [0.5, 0.6) is 5.75 Å². The molecule has 0 unspecified atom stereocenters. The Labute approximate surface area is 189 Å². The molecule has 1 aromatic carbocycles. The van der Waals surface area contributed by atoms with Gasteiger partial charge in [-0.1, -0.05) is 18.6 Å². The summed E-state index contributed by atoms with van der Waals surface area (Å²) in [6.45, 7) is 2.75. The second-order valence-corrected chi connectivity index (χ2v) is 8.79. The third-order valence-electron chi connectivity index (χ3n) is 6.76. The highest BCUT2D eigenvalue weighted by molar-refractivity contribution is 5.97. The maximum Gasteiger partial charge on any atom is 0.257 e. The first-order valence-electron chi connectivity index (χ1n) is 11.4. The molecule has 0 aliphatic carbocycles. The number of piperidine rings is 1. The molecule has 0 saturated carbocycles. The van der Waals surface area contributed by atoms with E-state index in [1.807, 2.05) is 17.0 Å². The van der Waals surface area contributed by atoms with E-state index in [0.717, 1.165) is 32.1 Å². The fourth-order valence-corrected chi connectivity index (χ4v) is 4.67. The Balaban J connectivity index is 1.57. The number of nitrogens with zero attached hydrogens (tertiary/aromatic N) is 3. The van der Waals surface area contributed by atoms with Crippen LogP contribution < -0.4 is 4.74 Å². The Morgan fingerprint density at radius 2 is 1.84 bits per heavy atom. The van der Waals surface area contributed by atoms with Gasteiger partial charge in [0.25, 0.3) is 11.8 Å². The van der Waals surface area contributed by atoms with Crippen LogP contribution in [0.3, 0.4) is 0 Å². The van der Waals surface area contributed by atoms with E-state index in [2.05, 4.69) is 4.98 Å². The number of ether oxygens (including phenoxy) is 1. The highest BCUT2D eigenvalue weighted by atomic mass is 16.5. The number of hydrogen-bond donors (Lipinski definition) is 1. The second kappa shape index (κ2) is 10.1. The van der Waals surface area contributed by atoms with Crippen molar-refractivity contribution in [3.8, 4) is 5.75 Å². The number of carbonyl (C=O) groups excluding carboxylic acids is 2. The van der Waals surface area contributed by atoms with Gasteiger partial charge in [0.1, 0.15) is 12.4 Å². The summed E-state index contributed by atoms with van der Waals surface area (Å²) in [6, 6.07) is 10.8. The van der Waals surface area contributed by atoms with E-state index in [4.69, 9.17) is 4.74 Å². The number of amides is 2. The van der Waals surface area contributed by atoms with E-state index >= 15 is 0 Å². The molecule has 1 aromatic heterocycles. The van der Waals surface area contributed by atoms with E-state index in [-0.39, 0.29) is 23.8 Å². The quantitative estimate of drug-likeness (QED) is 0.781. The minimum Gasteiger partial charge on any atom is -0.491 e. The number of aliphatic hydroxyl groups excluding tert-OH is 1. The molecule has 7 nitrogen and oxygen atoms in total. The Bertz CT molecular complexity index is 926.